The van der Waals surface area contributed by atoms with E-state index in [1.807, 2.05) is 0 Å². The monoisotopic (exact) mass is 394 g/mol. The summed E-state index contributed by atoms with van der Waals surface area (Å²) in [7, 11) is 0. The van der Waals surface area contributed by atoms with Crippen LogP contribution in [0.25, 0.3) is 0 Å². The molecule has 11 heteroatoms. The third kappa shape index (κ3) is 5.27. The Labute approximate surface area is 148 Å². The van der Waals surface area contributed by atoms with Crippen molar-refractivity contribution in [3.63, 3.8) is 0 Å². The molecular formula is C12H16Cl3F3N4O. The molecule has 0 unspecified atom stereocenters. The van der Waals surface area contributed by atoms with Crippen LogP contribution in [0.5, 0.6) is 0 Å². The zero-order valence-electron chi connectivity index (χ0n) is 11.8. The van der Waals surface area contributed by atoms with Crippen LogP contribution in [0.15, 0.2) is 12.3 Å². The molecule has 1 aromatic heterocycles. The van der Waals surface area contributed by atoms with Crippen LogP contribution >= 0.6 is 36.4 Å². The molecule has 0 saturated carbocycles. The number of alkyl halides is 3. The Bertz CT molecular complexity index is 537. The Balaban J connectivity index is 0.00000242. The first-order chi connectivity index (χ1) is 9.82. The summed E-state index contributed by atoms with van der Waals surface area (Å²) in [5.41, 5.74) is 4.40. The zero-order chi connectivity index (χ0) is 15.6. The summed E-state index contributed by atoms with van der Waals surface area (Å²) in [6.07, 6.45) is -3.71. The molecule has 5 nitrogen and oxygen atoms in total. The van der Waals surface area contributed by atoms with E-state index < -0.39 is 11.7 Å². The van der Waals surface area contributed by atoms with Gasteiger partial charge in [-0.25, -0.2) is 4.98 Å². The number of anilines is 1. The van der Waals surface area contributed by atoms with Gasteiger partial charge < -0.3 is 15.5 Å². The quantitative estimate of drug-likeness (QED) is 0.834. The maximum absolute atomic E-state index is 12.6. The number of pyridine rings is 1. The van der Waals surface area contributed by atoms with Crippen molar-refractivity contribution in [2.75, 3.05) is 37.6 Å². The fraction of sp³-hybridized carbons (Fsp3) is 0.500. The smallest absolute Gasteiger partial charge is 0.352 e. The maximum Gasteiger partial charge on any atom is 0.417 e. The van der Waals surface area contributed by atoms with Gasteiger partial charge in [-0.2, -0.15) is 13.2 Å². The molecule has 23 heavy (non-hydrogen) atoms. The van der Waals surface area contributed by atoms with Gasteiger partial charge in [-0.3, -0.25) is 4.79 Å². The Morgan fingerprint density at radius 2 is 1.83 bits per heavy atom. The summed E-state index contributed by atoms with van der Waals surface area (Å²) >= 11 is 5.89. The summed E-state index contributed by atoms with van der Waals surface area (Å²) in [5.74, 6) is 0.144. The standard InChI is InChI=1S/C12H14ClF3N4O.2ClH/c13-9-5-8(12(14,15)16)7-18-11(9)20-3-1-19(2-4-20)10(21)6-17;;/h5,7H,1-4,6,17H2;2*1H. The highest BCUT2D eigenvalue weighted by atomic mass is 35.5. The lowest BCUT2D eigenvalue weighted by molar-refractivity contribution is -0.137. The minimum Gasteiger partial charge on any atom is -0.352 e. The van der Waals surface area contributed by atoms with E-state index in [1.165, 1.54) is 0 Å². The van der Waals surface area contributed by atoms with Crippen LogP contribution in [0.4, 0.5) is 19.0 Å². The molecule has 0 radical (unpaired) electrons. The van der Waals surface area contributed by atoms with E-state index in [4.69, 9.17) is 17.3 Å². The molecule has 2 heterocycles. The minimum atomic E-state index is -4.47. The van der Waals surface area contributed by atoms with E-state index in [0.717, 1.165) is 12.3 Å². The first kappa shape index (κ1) is 22.0. The highest BCUT2D eigenvalue weighted by molar-refractivity contribution is 6.33. The van der Waals surface area contributed by atoms with Crippen LogP contribution in [0, 0.1) is 0 Å². The molecular weight excluding hydrogens is 380 g/mol. The third-order valence-electron chi connectivity index (χ3n) is 3.26. The number of carbonyl (C=O) groups is 1. The van der Waals surface area contributed by atoms with Crippen molar-refractivity contribution in [2.45, 2.75) is 6.18 Å². The van der Waals surface area contributed by atoms with Gasteiger partial charge in [-0.15, -0.1) is 24.8 Å². The first-order valence-electron chi connectivity index (χ1n) is 6.28. The highest BCUT2D eigenvalue weighted by Crippen LogP contribution is 2.33. The number of nitrogens with zero attached hydrogens (tertiary/aromatic N) is 3. The molecule has 0 aromatic carbocycles. The van der Waals surface area contributed by atoms with Gasteiger partial charge in [0.25, 0.3) is 0 Å². The number of carbonyl (C=O) groups excluding carboxylic acids is 1. The summed E-state index contributed by atoms with van der Waals surface area (Å²) in [6, 6.07) is 0.862. The highest BCUT2D eigenvalue weighted by Gasteiger charge is 2.32. The fourth-order valence-electron chi connectivity index (χ4n) is 2.12. The number of nitrogens with two attached hydrogens (primary N) is 1. The topological polar surface area (TPSA) is 62.5 Å². The average molecular weight is 396 g/mol. The molecule has 1 aromatic rings. The number of rotatable bonds is 2. The Kier molecular flexibility index (Phi) is 8.40. The molecule has 132 valence electrons. The maximum atomic E-state index is 12.6. The molecule has 0 spiro atoms. The summed E-state index contributed by atoms with van der Waals surface area (Å²) < 4.78 is 37.7. The fourth-order valence-corrected chi connectivity index (χ4v) is 2.40. The predicted octanol–water partition coefficient (Wildman–Crippen LogP) is 2.20. The van der Waals surface area contributed by atoms with Gasteiger partial charge in [0.05, 0.1) is 17.1 Å². The molecule has 1 amide bonds. The lowest BCUT2D eigenvalue weighted by Crippen LogP contribution is -2.50. The van der Waals surface area contributed by atoms with Gasteiger partial charge in [-0.1, -0.05) is 11.6 Å². The SMILES string of the molecule is Cl.Cl.NCC(=O)N1CCN(c2ncc(C(F)(F)F)cc2Cl)CC1. The van der Waals surface area contributed by atoms with E-state index in [9.17, 15) is 18.0 Å². The van der Waals surface area contributed by atoms with Gasteiger partial charge in [0, 0.05) is 32.4 Å². The molecule has 2 rings (SSSR count). The molecule has 1 saturated heterocycles. The van der Waals surface area contributed by atoms with Crippen LogP contribution < -0.4 is 10.6 Å². The van der Waals surface area contributed by atoms with Crippen LogP contribution in [0.1, 0.15) is 5.56 Å². The van der Waals surface area contributed by atoms with Crippen LogP contribution in [-0.4, -0.2) is 48.5 Å². The predicted molar refractivity (Wildman–Crippen MR) is 86.6 cm³/mol. The Hall–Kier alpha value is -0.960. The van der Waals surface area contributed by atoms with E-state index >= 15 is 0 Å². The molecule has 1 aliphatic heterocycles. The second-order valence-corrected chi connectivity index (χ2v) is 5.01. The normalized spacial score (nSPS) is 14.8. The van der Waals surface area contributed by atoms with Gasteiger partial charge in [0.2, 0.25) is 5.91 Å². The van der Waals surface area contributed by atoms with Crippen molar-refractivity contribution in [3.05, 3.63) is 22.8 Å². The van der Waals surface area contributed by atoms with Crippen molar-refractivity contribution in [3.8, 4) is 0 Å². The molecule has 0 aliphatic carbocycles. The average Bonchev–Trinajstić information content (AvgIpc) is 2.45. The summed E-state index contributed by atoms with van der Waals surface area (Å²) in [5, 5.41) is -0.0524. The van der Waals surface area contributed by atoms with E-state index in [-0.39, 0.29) is 42.3 Å². The molecule has 0 bridgehead atoms. The van der Waals surface area contributed by atoms with Crippen molar-refractivity contribution >= 4 is 48.1 Å². The van der Waals surface area contributed by atoms with E-state index in [1.54, 1.807) is 9.80 Å². The number of hydrogen-bond donors (Lipinski definition) is 1. The molecule has 2 N–H and O–H groups in total. The second-order valence-electron chi connectivity index (χ2n) is 4.60. The van der Waals surface area contributed by atoms with Crippen molar-refractivity contribution in [2.24, 2.45) is 5.73 Å². The molecule has 0 atom stereocenters. The zero-order valence-corrected chi connectivity index (χ0v) is 14.2. The number of halogens is 6. The lowest BCUT2D eigenvalue weighted by Gasteiger charge is -2.35. The van der Waals surface area contributed by atoms with Crippen LogP contribution in [-0.2, 0) is 11.0 Å². The lowest BCUT2D eigenvalue weighted by atomic mass is 10.2. The molecule has 1 aliphatic rings. The number of piperazine rings is 1. The van der Waals surface area contributed by atoms with Gasteiger partial charge >= 0.3 is 6.18 Å². The first-order valence-corrected chi connectivity index (χ1v) is 6.66. The number of hydrogen-bond acceptors (Lipinski definition) is 4. The van der Waals surface area contributed by atoms with Gasteiger partial charge in [-0.05, 0) is 6.07 Å². The third-order valence-corrected chi connectivity index (χ3v) is 3.53. The number of aromatic nitrogens is 1. The van der Waals surface area contributed by atoms with Gasteiger partial charge in [0.15, 0.2) is 0 Å². The van der Waals surface area contributed by atoms with Crippen molar-refractivity contribution in [1.29, 1.82) is 0 Å². The van der Waals surface area contributed by atoms with Gasteiger partial charge in [0.1, 0.15) is 5.82 Å². The van der Waals surface area contributed by atoms with Crippen molar-refractivity contribution < 1.29 is 18.0 Å². The Morgan fingerprint density at radius 3 is 2.26 bits per heavy atom. The Morgan fingerprint density at radius 1 is 1.26 bits per heavy atom. The minimum absolute atomic E-state index is 0. The molecule has 1 fully saturated rings. The number of amides is 1. The van der Waals surface area contributed by atoms with Crippen molar-refractivity contribution in [1.82, 2.24) is 9.88 Å². The van der Waals surface area contributed by atoms with Crippen LogP contribution in [0.2, 0.25) is 5.02 Å². The van der Waals surface area contributed by atoms with E-state index in [0.29, 0.717) is 32.0 Å². The summed E-state index contributed by atoms with van der Waals surface area (Å²) in [4.78, 5) is 18.6. The largest absolute Gasteiger partial charge is 0.417 e. The summed E-state index contributed by atoms with van der Waals surface area (Å²) in [6.45, 7) is 1.72. The van der Waals surface area contributed by atoms with Crippen LogP contribution in [0.3, 0.4) is 0 Å². The second kappa shape index (κ2) is 8.77. The van der Waals surface area contributed by atoms with E-state index in [2.05, 4.69) is 4.98 Å².